The third-order valence-corrected chi connectivity index (χ3v) is 2.57. The van der Waals surface area contributed by atoms with Crippen molar-refractivity contribution in [3.63, 3.8) is 0 Å². The molecule has 0 atom stereocenters. The Morgan fingerprint density at radius 3 is 2.71 bits per heavy atom. The van der Waals surface area contributed by atoms with Crippen LogP contribution in [0.5, 0.6) is 5.75 Å². The zero-order valence-electron chi connectivity index (χ0n) is 9.04. The third kappa shape index (κ3) is 2.35. The Morgan fingerprint density at radius 1 is 1.41 bits per heavy atom. The van der Waals surface area contributed by atoms with E-state index in [0.29, 0.717) is 24.2 Å². The lowest BCUT2D eigenvalue weighted by molar-refractivity contribution is -0.274. The smallest absolute Gasteiger partial charge is 0.406 e. The van der Waals surface area contributed by atoms with Crippen LogP contribution in [0, 0.1) is 0 Å². The summed E-state index contributed by atoms with van der Waals surface area (Å²) in [5.74, 6) is -0.442. The number of ether oxygens (including phenoxy) is 1. The SMILES string of the molecule is CCN1Cc2cc(OC(F)(F)F)ccc2C1=O. The van der Waals surface area contributed by atoms with Gasteiger partial charge in [-0.25, -0.2) is 0 Å². The predicted octanol–water partition coefficient (Wildman–Crippen LogP) is 2.56. The lowest BCUT2D eigenvalue weighted by Gasteiger charge is -2.10. The van der Waals surface area contributed by atoms with E-state index in [9.17, 15) is 18.0 Å². The van der Waals surface area contributed by atoms with Crippen LogP contribution >= 0.6 is 0 Å². The maximum absolute atomic E-state index is 12.0. The number of nitrogens with zero attached hydrogens (tertiary/aromatic N) is 1. The second-order valence-corrected chi connectivity index (χ2v) is 3.69. The number of carbonyl (C=O) groups excluding carboxylic acids is 1. The van der Waals surface area contributed by atoms with Crippen LogP contribution in [-0.2, 0) is 6.54 Å². The van der Waals surface area contributed by atoms with Gasteiger partial charge in [0.25, 0.3) is 5.91 Å². The quantitative estimate of drug-likeness (QED) is 0.801. The fraction of sp³-hybridized carbons (Fsp3) is 0.364. The molecule has 0 bridgehead atoms. The topological polar surface area (TPSA) is 29.5 Å². The summed E-state index contributed by atoms with van der Waals surface area (Å²) in [5, 5.41) is 0. The number of carbonyl (C=O) groups is 1. The molecule has 3 nitrogen and oxygen atoms in total. The minimum Gasteiger partial charge on any atom is -0.406 e. The van der Waals surface area contributed by atoms with Crippen LogP contribution in [0.4, 0.5) is 13.2 Å². The molecule has 1 aliphatic rings. The van der Waals surface area contributed by atoms with E-state index < -0.39 is 6.36 Å². The number of hydrogen-bond donors (Lipinski definition) is 0. The molecule has 1 aromatic rings. The van der Waals surface area contributed by atoms with Gasteiger partial charge in [0, 0.05) is 18.7 Å². The highest BCUT2D eigenvalue weighted by Gasteiger charge is 2.32. The molecule has 0 spiro atoms. The summed E-state index contributed by atoms with van der Waals surface area (Å²) in [5.41, 5.74) is 1.01. The van der Waals surface area contributed by atoms with E-state index >= 15 is 0 Å². The van der Waals surface area contributed by atoms with Crippen molar-refractivity contribution >= 4 is 5.91 Å². The highest BCUT2D eigenvalue weighted by molar-refractivity contribution is 5.98. The van der Waals surface area contributed by atoms with Crippen molar-refractivity contribution < 1.29 is 22.7 Å². The van der Waals surface area contributed by atoms with Gasteiger partial charge in [-0.3, -0.25) is 4.79 Å². The van der Waals surface area contributed by atoms with Crippen LogP contribution in [0.2, 0.25) is 0 Å². The van der Waals surface area contributed by atoms with Crippen LogP contribution in [-0.4, -0.2) is 23.7 Å². The van der Waals surface area contributed by atoms with Crippen molar-refractivity contribution in [2.75, 3.05) is 6.54 Å². The molecule has 0 radical (unpaired) electrons. The van der Waals surface area contributed by atoms with Crippen LogP contribution < -0.4 is 4.74 Å². The van der Waals surface area contributed by atoms with Gasteiger partial charge in [-0.1, -0.05) is 0 Å². The lowest BCUT2D eigenvalue weighted by Crippen LogP contribution is -2.22. The molecule has 2 rings (SSSR count). The van der Waals surface area contributed by atoms with Gasteiger partial charge in [0.05, 0.1) is 0 Å². The Morgan fingerprint density at radius 2 is 2.12 bits per heavy atom. The fourth-order valence-corrected chi connectivity index (χ4v) is 1.81. The number of alkyl halides is 3. The molecule has 0 fully saturated rings. The number of fused-ring (bicyclic) bond motifs is 1. The summed E-state index contributed by atoms with van der Waals surface area (Å²) in [7, 11) is 0. The standard InChI is InChI=1S/C11H10F3NO2/c1-2-15-6-7-5-8(17-11(12,13)14)3-4-9(7)10(15)16/h3-5H,2,6H2,1H3. The first-order valence-electron chi connectivity index (χ1n) is 5.08. The van der Waals surface area contributed by atoms with Gasteiger partial charge < -0.3 is 9.64 Å². The normalized spacial score (nSPS) is 15.1. The van der Waals surface area contributed by atoms with E-state index in [0.717, 1.165) is 6.07 Å². The average molecular weight is 245 g/mol. The first-order chi connectivity index (χ1) is 7.90. The van der Waals surface area contributed by atoms with Crippen molar-refractivity contribution in [1.82, 2.24) is 4.90 Å². The van der Waals surface area contributed by atoms with Crippen LogP contribution in [0.25, 0.3) is 0 Å². The molecule has 1 aromatic carbocycles. The highest BCUT2D eigenvalue weighted by atomic mass is 19.4. The van der Waals surface area contributed by atoms with Crippen molar-refractivity contribution in [2.45, 2.75) is 19.8 Å². The largest absolute Gasteiger partial charge is 0.573 e. The number of amides is 1. The lowest BCUT2D eigenvalue weighted by atomic mass is 10.1. The van der Waals surface area contributed by atoms with Crippen LogP contribution in [0.1, 0.15) is 22.8 Å². The number of hydrogen-bond acceptors (Lipinski definition) is 2. The molecular weight excluding hydrogens is 235 g/mol. The first kappa shape index (κ1) is 11.8. The summed E-state index contributed by atoms with van der Waals surface area (Å²) < 4.78 is 39.8. The Balaban J connectivity index is 2.26. The van der Waals surface area contributed by atoms with Gasteiger partial charge in [-0.15, -0.1) is 13.2 Å². The second kappa shape index (κ2) is 3.94. The molecule has 1 heterocycles. The van der Waals surface area contributed by atoms with Crippen molar-refractivity contribution in [3.05, 3.63) is 29.3 Å². The van der Waals surface area contributed by atoms with Crippen LogP contribution in [0.15, 0.2) is 18.2 Å². The summed E-state index contributed by atoms with van der Waals surface area (Å²) >= 11 is 0. The van der Waals surface area contributed by atoms with Gasteiger partial charge >= 0.3 is 6.36 Å². The molecule has 0 saturated heterocycles. The predicted molar refractivity (Wildman–Crippen MR) is 53.5 cm³/mol. The van der Waals surface area contributed by atoms with Crippen molar-refractivity contribution in [3.8, 4) is 5.75 Å². The molecular formula is C11H10F3NO2. The molecule has 92 valence electrons. The summed E-state index contributed by atoms with van der Waals surface area (Å²) in [6.07, 6.45) is -4.71. The zero-order valence-corrected chi connectivity index (χ0v) is 9.04. The Kier molecular flexibility index (Phi) is 2.73. The average Bonchev–Trinajstić information content (AvgIpc) is 2.52. The fourth-order valence-electron chi connectivity index (χ4n) is 1.81. The molecule has 0 aromatic heterocycles. The van der Waals surface area contributed by atoms with E-state index in [4.69, 9.17) is 0 Å². The highest BCUT2D eigenvalue weighted by Crippen LogP contribution is 2.29. The number of halogens is 3. The molecule has 17 heavy (non-hydrogen) atoms. The van der Waals surface area contributed by atoms with Crippen LogP contribution in [0.3, 0.4) is 0 Å². The maximum Gasteiger partial charge on any atom is 0.573 e. The zero-order chi connectivity index (χ0) is 12.6. The summed E-state index contributed by atoms with van der Waals surface area (Å²) in [6.45, 7) is 2.68. The monoisotopic (exact) mass is 245 g/mol. The molecule has 0 N–H and O–H groups in total. The van der Waals surface area contributed by atoms with E-state index in [1.807, 2.05) is 6.92 Å². The first-order valence-corrected chi connectivity index (χ1v) is 5.08. The van der Waals surface area contributed by atoms with Gasteiger partial charge in [0.15, 0.2) is 0 Å². The Labute approximate surface area is 95.8 Å². The molecule has 1 aliphatic heterocycles. The third-order valence-electron chi connectivity index (χ3n) is 2.57. The van der Waals surface area contributed by atoms with Gasteiger partial charge in [0.2, 0.25) is 0 Å². The molecule has 0 unspecified atom stereocenters. The summed E-state index contributed by atoms with van der Waals surface area (Å²) in [4.78, 5) is 13.2. The van der Waals surface area contributed by atoms with E-state index in [2.05, 4.69) is 4.74 Å². The minimum atomic E-state index is -4.71. The van der Waals surface area contributed by atoms with E-state index in [1.54, 1.807) is 4.90 Å². The van der Waals surface area contributed by atoms with Crippen molar-refractivity contribution in [1.29, 1.82) is 0 Å². The molecule has 0 aliphatic carbocycles. The molecule has 6 heteroatoms. The van der Waals surface area contributed by atoms with Gasteiger partial charge in [-0.05, 0) is 30.7 Å². The number of rotatable bonds is 2. The second-order valence-electron chi connectivity index (χ2n) is 3.69. The summed E-state index contributed by atoms with van der Waals surface area (Å²) in [6, 6.07) is 3.79. The maximum atomic E-state index is 12.0. The molecule has 1 amide bonds. The van der Waals surface area contributed by atoms with E-state index in [1.165, 1.54) is 12.1 Å². The van der Waals surface area contributed by atoms with Crippen molar-refractivity contribution in [2.24, 2.45) is 0 Å². The molecule has 0 saturated carbocycles. The van der Waals surface area contributed by atoms with E-state index in [-0.39, 0.29) is 11.7 Å². The Hall–Kier alpha value is -1.72. The van der Waals surface area contributed by atoms with Gasteiger partial charge in [0.1, 0.15) is 5.75 Å². The minimum absolute atomic E-state index is 0.152. The number of benzene rings is 1. The van der Waals surface area contributed by atoms with Gasteiger partial charge in [-0.2, -0.15) is 0 Å². The Bertz CT molecular complexity index is 457.